The summed E-state index contributed by atoms with van der Waals surface area (Å²) in [5.74, 6) is 0.0685. The standard InChI is InChI=1S/C18H13ClN4OS/c1-8-12(7-20)17(21)23-15-14-11(9-2-4-10(19)5-3-9)6-13(24)22-18(14)25-16(8)15/h2-5,11H,6H2,1H3,(H2,21,23)(H,22,24)/t11-/m0/s1. The number of halogens is 1. The minimum atomic E-state index is -0.117. The Kier molecular flexibility index (Phi) is 3.64. The Morgan fingerprint density at radius 3 is 2.80 bits per heavy atom. The van der Waals surface area contributed by atoms with Crippen molar-refractivity contribution in [1.82, 2.24) is 4.98 Å². The lowest BCUT2D eigenvalue weighted by Gasteiger charge is -2.23. The van der Waals surface area contributed by atoms with Crippen LogP contribution >= 0.6 is 22.9 Å². The monoisotopic (exact) mass is 368 g/mol. The average molecular weight is 369 g/mol. The highest BCUT2D eigenvalue weighted by molar-refractivity contribution is 7.23. The van der Waals surface area contributed by atoms with Gasteiger partial charge in [-0.05, 0) is 30.2 Å². The van der Waals surface area contributed by atoms with Crippen molar-refractivity contribution in [2.45, 2.75) is 19.3 Å². The van der Waals surface area contributed by atoms with Crippen molar-refractivity contribution >= 4 is 49.9 Å². The van der Waals surface area contributed by atoms with E-state index in [4.69, 9.17) is 17.3 Å². The Morgan fingerprint density at radius 1 is 1.40 bits per heavy atom. The summed E-state index contributed by atoms with van der Waals surface area (Å²) in [4.78, 5) is 16.7. The number of nitrogen functional groups attached to an aromatic ring is 1. The second-order valence-corrected chi connectivity index (χ2v) is 7.44. The number of carbonyl (C=O) groups excluding carboxylic acids is 1. The van der Waals surface area contributed by atoms with Crippen LogP contribution < -0.4 is 11.1 Å². The zero-order valence-electron chi connectivity index (χ0n) is 13.3. The Bertz CT molecular complexity index is 1070. The first-order valence-electron chi connectivity index (χ1n) is 7.67. The summed E-state index contributed by atoms with van der Waals surface area (Å²) in [5.41, 5.74) is 9.90. The van der Waals surface area contributed by atoms with Crippen LogP contribution in [-0.2, 0) is 4.79 Å². The third-order valence-corrected chi connectivity index (χ3v) is 5.98. The molecule has 1 aliphatic rings. The van der Waals surface area contributed by atoms with Gasteiger partial charge < -0.3 is 11.1 Å². The molecule has 7 heteroatoms. The highest BCUT2D eigenvalue weighted by atomic mass is 35.5. The van der Waals surface area contributed by atoms with E-state index in [1.54, 1.807) is 0 Å². The molecule has 3 aromatic rings. The van der Waals surface area contributed by atoms with E-state index in [1.165, 1.54) is 11.3 Å². The number of hydrogen-bond acceptors (Lipinski definition) is 5. The number of nitriles is 1. The molecule has 4 rings (SSSR count). The van der Waals surface area contributed by atoms with E-state index in [0.717, 1.165) is 31.9 Å². The lowest BCUT2D eigenvalue weighted by Crippen LogP contribution is -2.22. The lowest BCUT2D eigenvalue weighted by molar-refractivity contribution is -0.116. The van der Waals surface area contributed by atoms with Crippen molar-refractivity contribution in [3.05, 3.63) is 51.5 Å². The molecule has 0 aliphatic carbocycles. The van der Waals surface area contributed by atoms with E-state index in [0.29, 0.717) is 17.0 Å². The Labute approximate surface area is 153 Å². The molecule has 124 valence electrons. The number of aromatic nitrogens is 1. The number of carbonyl (C=O) groups is 1. The fraction of sp³-hybridized carbons (Fsp3) is 0.167. The summed E-state index contributed by atoms with van der Waals surface area (Å²) in [6.07, 6.45) is 0.334. The molecular weight excluding hydrogens is 356 g/mol. The minimum absolute atomic E-state index is 0.0369. The Balaban J connectivity index is 2.00. The van der Waals surface area contributed by atoms with Crippen molar-refractivity contribution in [3.8, 4) is 6.07 Å². The fourth-order valence-corrected chi connectivity index (χ4v) is 4.64. The van der Waals surface area contributed by atoms with Crippen molar-refractivity contribution in [2.75, 3.05) is 11.1 Å². The number of nitrogens with two attached hydrogens (primary N) is 1. The smallest absolute Gasteiger partial charge is 0.225 e. The predicted octanol–water partition coefficient (Wildman–Crippen LogP) is 4.19. The first-order valence-corrected chi connectivity index (χ1v) is 8.87. The van der Waals surface area contributed by atoms with Crippen LogP contribution in [0.2, 0.25) is 5.02 Å². The highest BCUT2D eigenvalue weighted by Gasteiger charge is 2.32. The van der Waals surface area contributed by atoms with Gasteiger partial charge >= 0.3 is 0 Å². The first-order chi connectivity index (χ1) is 12.0. The number of benzene rings is 1. The molecule has 0 saturated heterocycles. The van der Waals surface area contributed by atoms with Gasteiger partial charge in [0.25, 0.3) is 0 Å². The van der Waals surface area contributed by atoms with Gasteiger partial charge in [0.2, 0.25) is 5.91 Å². The van der Waals surface area contributed by atoms with Crippen LogP contribution in [0.5, 0.6) is 0 Å². The van der Waals surface area contributed by atoms with Crippen LogP contribution in [0.25, 0.3) is 10.2 Å². The van der Waals surface area contributed by atoms with Gasteiger partial charge in [0, 0.05) is 22.9 Å². The molecule has 0 saturated carbocycles. The van der Waals surface area contributed by atoms with Crippen molar-refractivity contribution in [2.24, 2.45) is 0 Å². The third kappa shape index (κ3) is 2.44. The van der Waals surface area contributed by atoms with Gasteiger partial charge in [0.15, 0.2) is 0 Å². The quantitative estimate of drug-likeness (QED) is 0.673. The van der Waals surface area contributed by atoms with Crippen LogP contribution in [0.4, 0.5) is 10.8 Å². The number of nitrogens with one attached hydrogen (secondary N) is 1. The van der Waals surface area contributed by atoms with Crippen molar-refractivity contribution < 1.29 is 4.79 Å². The molecule has 3 N–H and O–H groups in total. The molecule has 1 aromatic carbocycles. The largest absolute Gasteiger partial charge is 0.383 e. The van der Waals surface area contributed by atoms with E-state index in [-0.39, 0.29) is 17.6 Å². The van der Waals surface area contributed by atoms with E-state index >= 15 is 0 Å². The molecule has 5 nitrogen and oxygen atoms in total. The van der Waals surface area contributed by atoms with Crippen LogP contribution in [0.15, 0.2) is 24.3 Å². The molecule has 2 aromatic heterocycles. The van der Waals surface area contributed by atoms with Gasteiger partial charge in [-0.2, -0.15) is 5.26 Å². The maximum absolute atomic E-state index is 12.2. The molecule has 0 spiro atoms. The number of anilines is 2. The third-order valence-electron chi connectivity index (χ3n) is 4.50. The number of nitrogens with zero attached hydrogens (tertiary/aromatic N) is 2. The number of thiophene rings is 1. The average Bonchev–Trinajstić information content (AvgIpc) is 2.93. The maximum atomic E-state index is 12.2. The zero-order valence-corrected chi connectivity index (χ0v) is 14.8. The minimum Gasteiger partial charge on any atom is -0.383 e. The summed E-state index contributed by atoms with van der Waals surface area (Å²) in [6.45, 7) is 1.86. The molecular formula is C18H13ClN4OS. The number of pyridine rings is 1. The Morgan fingerprint density at radius 2 is 2.12 bits per heavy atom. The molecule has 0 bridgehead atoms. The zero-order chi connectivity index (χ0) is 17.7. The van der Waals surface area contributed by atoms with Crippen molar-refractivity contribution in [3.63, 3.8) is 0 Å². The van der Waals surface area contributed by atoms with Gasteiger partial charge in [-0.3, -0.25) is 4.79 Å². The fourth-order valence-electron chi connectivity index (χ4n) is 3.28. The second-order valence-electron chi connectivity index (χ2n) is 5.99. The number of fused-ring (bicyclic) bond motifs is 3. The van der Waals surface area contributed by atoms with E-state index < -0.39 is 0 Å². The molecule has 0 unspecified atom stereocenters. The number of amides is 1. The summed E-state index contributed by atoms with van der Waals surface area (Å²) in [6, 6.07) is 9.61. The number of rotatable bonds is 1. The highest BCUT2D eigenvalue weighted by Crippen LogP contribution is 2.47. The molecule has 1 amide bonds. The first kappa shape index (κ1) is 15.9. The SMILES string of the molecule is Cc1c(C#N)c(N)nc2c3c(sc12)NC(=O)C[C@H]3c1ccc(Cl)cc1. The van der Waals surface area contributed by atoms with Crippen LogP contribution in [0.1, 0.15) is 34.6 Å². The van der Waals surface area contributed by atoms with Gasteiger partial charge in [0.05, 0.1) is 15.8 Å². The van der Waals surface area contributed by atoms with Crippen LogP contribution in [0.3, 0.4) is 0 Å². The van der Waals surface area contributed by atoms with E-state index in [2.05, 4.69) is 16.4 Å². The van der Waals surface area contributed by atoms with Crippen molar-refractivity contribution in [1.29, 1.82) is 5.26 Å². The van der Waals surface area contributed by atoms with E-state index in [9.17, 15) is 10.1 Å². The number of aryl methyl sites for hydroxylation is 1. The molecule has 0 radical (unpaired) electrons. The maximum Gasteiger partial charge on any atom is 0.225 e. The van der Waals surface area contributed by atoms with E-state index in [1.807, 2.05) is 31.2 Å². The molecule has 0 fully saturated rings. The van der Waals surface area contributed by atoms with Crippen LogP contribution in [0, 0.1) is 18.3 Å². The summed E-state index contributed by atoms with van der Waals surface area (Å²) in [5, 5.41) is 13.7. The number of hydrogen-bond donors (Lipinski definition) is 2. The Hall–Kier alpha value is -2.62. The summed E-state index contributed by atoms with van der Waals surface area (Å²) >= 11 is 7.43. The normalized spacial score (nSPS) is 16.4. The molecule has 1 aliphatic heterocycles. The lowest BCUT2D eigenvalue weighted by atomic mass is 9.86. The summed E-state index contributed by atoms with van der Waals surface area (Å²) < 4.78 is 0.886. The molecule has 3 heterocycles. The second kappa shape index (κ2) is 5.73. The van der Waals surface area contributed by atoms with Gasteiger partial charge in [-0.15, -0.1) is 11.3 Å². The predicted molar refractivity (Wildman–Crippen MR) is 100 cm³/mol. The molecule has 1 atom stereocenters. The van der Waals surface area contributed by atoms with Gasteiger partial charge in [0.1, 0.15) is 16.9 Å². The summed E-state index contributed by atoms with van der Waals surface area (Å²) in [7, 11) is 0. The molecule has 25 heavy (non-hydrogen) atoms. The topological polar surface area (TPSA) is 91.8 Å². The van der Waals surface area contributed by atoms with Crippen LogP contribution in [-0.4, -0.2) is 10.9 Å². The van der Waals surface area contributed by atoms with Gasteiger partial charge in [-0.1, -0.05) is 23.7 Å². The van der Waals surface area contributed by atoms with Gasteiger partial charge in [-0.25, -0.2) is 4.98 Å².